The molecule has 0 bridgehead atoms. The second kappa shape index (κ2) is 7.11. The lowest BCUT2D eigenvalue weighted by Crippen LogP contribution is -2.05. The van der Waals surface area contributed by atoms with Gasteiger partial charge in [0.25, 0.3) is 0 Å². The summed E-state index contributed by atoms with van der Waals surface area (Å²) in [5.74, 6) is 4.67. The molecule has 0 aliphatic rings. The van der Waals surface area contributed by atoms with E-state index in [0.717, 1.165) is 18.6 Å². The van der Waals surface area contributed by atoms with E-state index in [2.05, 4.69) is 51.8 Å². The molecule has 0 aliphatic heterocycles. The summed E-state index contributed by atoms with van der Waals surface area (Å²) < 4.78 is 6.00. The van der Waals surface area contributed by atoms with Crippen LogP contribution in [0.15, 0.2) is 18.2 Å². The van der Waals surface area contributed by atoms with Gasteiger partial charge in [0.1, 0.15) is 5.75 Å². The average Bonchev–Trinajstić information content (AvgIpc) is 2.34. The second-order valence-corrected chi connectivity index (χ2v) is 5.23. The van der Waals surface area contributed by atoms with E-state index in [4.69, 9.17) is 11.2 Å². The van der Waals surface area contributed by atoms with Gasteiger partial charge in [-0.2, -0.15) is 0 Å². The zero-order valence-electron chi connectivity index (χ0n) is 12.0. The van der Waals surface area contributed by atoms with Gasteiger partial charge in [-0.3, -0.25) is 0 Å². The van der Waals surface area contributed by atoms with Gasteiger partial charge in [0.2, 0.25) is 0 Å². The lowest BCUT2D eigenvalue weighted by atomic mass is 9.94. The molecule has 0 amide bonds. The zero-order valence-corrected chi connectivity index (χ0v) is 12.0. The molecule has 0 N–H and O–H groups in total. The highest BCUT2D eigenvalue weighted by Gasteiger charge is 2.14. The Balaban J connectivity index is 2.93. The lowest BCUT2D eigenvalue weighted by Gasteiger charge is -2.19. The molecule has 1 rings (SSSR count). The van der Waals surface area contributed by atoms with Gasteiger partial charge in [0.15, 0.2) is 0 Å². The molecule has 0 radical (unpaired) electrons. The molecule has 0 unspecified atom stereocenters. The fourth-order valence-corrected chi connectivity index (χ4v) is 2.00. The van der Waals surface area contributed by atoms with E-state index in [9.17, 15) is 0 Å². The van der Waals surface area contributed by atoms with E-state index >= 15 is 0 Å². The predicted molar refractivity (Wildman–Crippen MR) is 78.2 cm³/mol. The summed E-state index contributed by atoms with van der Waals surface area (Å²) in [5, 5.41) is 0. The van der Waals surface area contributed by atoms with Gasteiger partial charge in [0.05, 0.1) is 6.61 Å². The van der Waals surface area contributed by atoms with Crippen molar-refractivity contribution in [3.63, 3.8) is 0 Å². The van der Waals surface area contributed by atoms with Gasteiger partial charge >= 0.3 is 0 Å². The van der Waals surface area contributed by atoms with Crippen molar-refractivity contribution >= 4 is 0 Å². The van der Waals surface area contributed by atoms with E-state index in [1.54, 1.807) is 0 Å². The number of rotatable bonds is 6. The molecule has 0 aliphatic carbocycles. The number of ether oxygens (including phenoxy) is 1. The monoisotopic (exact) mass is 244 g/mol. The number of terminal acetylenes is 1. The van der Waals surface area contributed by atoms with E-state index in [1.807, 2.05) is 0 Å². The molecule has 0 spiro atoms. The van der Waals surface area contributed by atoms with E-state index in [0.29, 0.717) is 18.4 Å². The van der Waals surface area contributed by atoms with Gasteiger partial charge in [-0.25, -0.2) is 0 Å². The fourth-order valence-electron chi connectivity index (χ4n) is 2.00. The van der Waals surface area contributed by atoms with Crippen LogP contribution in [0.4, 0.5) is 0 Å². The molecule has 0 atom stereocenters. The summed E-state index contributed by atoms with van der Waals surface area (Å²) in [5.41, 5.74) is 2.59. The molecular formula is C17H24O. The van der Waals surface area contributed by atoms with Crippen LogP contribution in [-0.2, 0) is 0 Å². The van der Waals surface area contributed by atoms with E-state index < -0.39 is 0 Å². The number of hydrogen-bond acceptors (Lipinski definition) is 1. The first-order chi connectivity index (χ1) is 8.57. The minimum Gasteiger partial charge on any atom is -0.493 e. The van der Waals surface area contributed by atoms with Crippen LogP contribution in [0.25, 0.3) is 0 Å². The second-order valence-electron chi connectivity index (χ2n) is 5.23. The Labute approximate surface area is 112 Å². The lowest BCUT2D eigenvalue weighted by molar-refractivity contribution is 0.304. The normalized spacial score (nSPS) is 10.7. The number of benzene rings is 1. The van der Waals surface area contributed by atoms with Gasteiger partial charge in [0, 0.05) is 6.42 Å². The van der Waals surface area contributed by atoms with Gasteiger partial charge in [-0.05, 0) is 29.4 Å². The maximum absolute atomic E-state index is 6.00. The van der Waals surface area contributed by atoms with Crippen LogP contribution in [0.2, 0.25) is 0 Å². The van der Waals surface area contributed by atoms with Crippen molar-refractivity contribution in [2.45, 2.75) is 52.4 Å². The molecular weight excluding hydrogens is 220 g/mol. The molecule has 1 aromatic carbocycles. The first-order valence-corrected chi connectivity index (χ1v) is 6.77. The van der Waals surface area contributed by atoms with Crippen molar-refractivity contribution in [1.29, 1.82) is 0 Å². The highest BCUT2D eigenvalue weighted by atomic mass is 16.5. The van der Waals surface area contributed by atoms with Crippen molar-refractivity contribution in [3.8, 4) is 18.1 Å². The summed E-state index contributed by atoms with van der Waals surface area (Å²) in [6.07, 6.45) is 6.95. The Morgan fingerprint density at radius 2 is 1.67 bits per heavy atom. The molecule has 0 fully saturated rings. The van der Waals surface area contributed by atoms with Crippen molar-refractivity contribution in [2.75, 3.05) is 6.61 Å². The van der Waals surface area contributed by atoms with Crippen LogP contribution in [0, 0.1) is 12.3 Å². The van der Waals surface area contributed by atoms with E-state index in [1.165, 1.54) is 11.1 Å². The van der Waals surface area contributed by atoms with Crippen LogP contribution in [0.1, 0.15) is 63.5 Å². The highest BCUT2D eigenvalue weighted by molar-refractivity contribution is 5.44. The number of unbranched alkanes of at least 4 members (excludes halogenated alkanes) is 1. The topological polar surface area (TPSA) is 9.23 Å². The predicted octanol–water partition coefficient (Wildman–Crippen LogP) is 4.73. The van der Waals surface area contributed by atoms with Crippen LogP contribution < -0.4 is 4.74 Å². The Morgan fingerprint density at radius 3 is 2.11 bits per heavy atom. The molecule has 0 aromatic heterocycles. The molecule has 0 saturated carbocycles. The Bertz CT molecular complexity index is 384. The third kappa shape index (κ3) is 3.81. The van der Waals surface area contributed by atoms with Crippen molar-refractivity contribution in [1.82, 2.24) is 0 Å². The minimum atomic E-state index is 0.478. The zero-order chi connectivity index (χ0) is 13.5. The standard InChI is InChI=1S/C17H24O/c1-6-7-8-12-18-17-15(13(2)3)10-9-11-16(17)14(4)5/h1,9-11,13-14H,7-8,12H2,2-5H3. The van der Waals surface area contributed by atoms with Gasteiger partial charge < -0.3 is 4.74 Å². The molecule has 0 saturated heterocycles. The molecule has 1 heteroatoms. The molecule has 1 aromatic rings. The van der Waals surface area contributed by atoms with Crippen molar-refractivity contribution in [3.05, 3.63) is 29.3 Å². The van der Waals surface area contributed by atoms with Crippen molar-refractivity contribution < 1.29 is 4.74 Å². The smallest absolute Gasteiger partial charge is 0.126 e. The number of hydrogen-bond donors (Lipinski definition) is 0. The third-order valence-corrected chi connectivity index (χ3v) is 3.03. The maximum Gasteiger partial charge on any atom is 0.126 e. The van der Waals surface area contributed by atoms with Crippen LogP contribution in [0.5, 0.6) is 5.75 Å². The summed E-state index contributed by atoms with van der Waals surface area (Å²) >= 11 is 0. The summed E-state index contributed by atoms with van der Waals surface area (Å²) in [6, 6.07) is 6.44. The third-order valence-electron chi connectivity index (χ3n) is 3.03. The highest BCUT2D eigenvalue weighted by Crippen LogP contribution is 2.34. The average molecular weight is 244 g/mol. The van der Waals surface area contributed by atoms with Gasteiger partial charge in [-0.1, -0.05) is 45.9 Å². The quantitative estimate of drug-likeness (QED) is 0.519. The summed E-state index contributed by atoms with van der Waals surface area (Å²) in [6.45, 7) is 9.51. The molecule has 0 heterocycles. The van der Waals surface area contributed by atoms with Crippen LogP contribution in [0.3, 0.4) is 0 Å². The van der Waals surface area contributed by atoms with Crippen LogP contribution in [-0.4, -0.2) is 6.61 Å². The van der Waals surface area contributed by atoms with E-state index in [-0.39, 0.29) is 0 Å². The first-order valence-electron chi connectivity index (χ1n) is 6.77. The fraction of sp³-hybridized carbons (Fsp3) is 0.529. The molecule has 1 nitrogen and oxygen atoms in total. The van der Waals surface area contributed by atoms with Crippen molar-refractivity contribution in [2.24, 2.45) is 0 Å². The largest absolute Gasteiger partial charge is 0.493 e. The maximum atomic E-state index is 6.00. The molecule has 98 valence electrons. The Morgan fingerprint density at radius 1 is 1.11 bits per heavy atom. The number of para-hydroxylation sites is 1. The molecule has 18 heavy (non-hydrogen) atoms. The Kier molecular flexibility index (Phi) is 5.78. The summed E-state index contributed by atoms with van der Waals surface area (Å²) in [4.78, 5) is 0. The van der Waals surface area contributed by atoms with Gasteiger partial charge in [-0.15, -0.1) is 12.3 Å². The summed E-state index contributed by atoms with van der Waals surface area (Å²) in [7, 11) is 0. The SMILES string of the molecule is C#CCCCOc1c(C(C)C)cccc1C(C)C. The Hall–Kier alpha value is -1.42. The first kappa shape index (κ1) is 14.6. The minimum absolute atomic E-state index is 0.478. The van der Waals surface area contributed by atoms with Crippen LogP contribution >= 0.6 is 0 Å².